The Morgan fingerprint density at radius 2 is 2.06 bits per heavy atom. The molecular weight excluding hydrogens is 225 g/mol. The van der Waals surface area contributed by atoms with Crippen LogP contribution in [-0.2, 0) is 6.42 Å². The first-order chi connectivity index (χ1) is 7.68. The highest BCUT2D eigenvalue weighted by atomic mass is 35.5. The van der Waals surface area contributed by atoms with Gasteiger partial charge in [-0.2, -0.15) is 0 Å². The number of hydrogen-bond donors (Lipinski definition) is 1. The van der Waals surface area contributed by atoms with Crippen LogP contribution in [0.2, 0.25) is 5.02 Å². The summed E-state index contributed by atoms with van der Waals surface area (Å²) in [5, 5.41) is 3.92. The fourth-order valence-electron chi connectivity index (χ4n) is 2.28. The number of hydrogen-bond acceptors (Lipinski definition) is 1. The third kappa shape index (κ3) is 2.55. The summed E-state index contributed by atoms with van der Waals surface area (Å²) in [5.41, 5.74) is 1.67. The summed E-state index contributed by atoms with van der Waals surface area (Å²) >= 11 is 6.16. The zero-order valence-electron chi connectivity index (χ0n) is 9.52. The molecule has 1 aliphatic heterocycles. The molecule has 3 heteroatoms. The van der Waals surface area contributed by atoms with Crippen molar-refractivity contribution in [2.75, 3.05) is 13.1 Å². The second kappa shape index (κ2) is 5.15. The lowest BCUT2D eigenvalue weighted by atomic mass is 9.90. The third-order valence-corrected chi connectivity index (χ3v) is 3.86. The largest absolute Gasteiger partial charge is 0.317 e. The molecule has 1 N–H and O–H groups in total. The monoisotopic (exact) mass is 241 g/mol. The van der Waals surface area contributed by atoms with Gasteiger partial charge in [0.25, 0.3) is 0 Å². The maximum atomic E-state index is 13.7. The van der Waals surface area contributed by atoms with E-state index in [1.54, 1.807) is 6.07 Å². The summed E-state index contributed by atoms with van der Waals surface area (Å²) < 4.78 is 13.7. The second-order valence-corrected chi connectivity index (χ2v) is 4.93. The third-order valence-electron chi connectivity index (χ3n) is 3.33. The smallest absolute Gasteiger partial charge is 0.127 e. The van der Waals surface area contributed by atoms with Crippen LogP contribution in [0.15, 0.2) is 12.1 Å². The van der Waals surface area contributed by atoms with Crippen LogP contribution in [-0.4, -0.2) is 13.1 Å². The molecule has 2 rings (SSSR count). The van der Waals surface area contributed by atoms with Gasteiger partial charge in [0.2, 0.25) is 0 Å². The minimum Gasteiger partial charge on any atom is -0.317 e. The number of benzene rings is 1. The fourth-order valence-corrected chi connectivity index (χ4v) is 2.51. The summed E-state index contributed by atoms with van der Waals surface area (Å²) in [4.78, 5) is 0. The molecule has 1 saturated heterocycles. The molecule has 0 unspecified atom stereocenters. The summed E-state index contributed by atoms with van der Waals surface area (Å²) in [6, 6.07) is 3.27. The lowest BCUT2D eigenvalue weighted by Gasteiger charge is -2.23. The van der Waals surface area contributed by atoms with Crippen molar-refractivity contribution >= 4 is 11.6 Å². The van der Waals surface area contributed by atoms with E-state index in [0.717, 1.165) is 37.9 Å². The van der Waals surface area contributed by atoms with Crippen LogP contribution in [0.3, 0.4) is 0 Å². The van der Waals surface area contributed by atoms with E-state index in [2.05, 4.69) is 5.32 Å². The van der Waals surface area contributed by atoms with Crippen molar-refractivity contribution in [3.63, 3.8) is 0 Å². The Morgan fingerprint density at radius 3 is 2.75 bits per heavy atom. The zero-order chi connectivity index (χ0) is 11.5. The van der Waals surface area contributed by atoms with E-state index in [1.165, 1.54) is 6.07 Å². The quantitative estimate of drug-likeness (QED) is 0.838. The molecular formula is C13H17ClFN. The fraction of sp³-hybridized carbons (Fsp3) is 0.538. The van der Waals surface area contributed by atoms with Gasteiger partial charge in [-0.3, -0.25) is 0 Å². The summed E-state index contributed by atoms with van der Waals surface area (Å²) in [6.45, 7) is 4.00. The lowest BCUT2D eigenvalue weighted by Crippen LogP contribution is -2.28. The normalized spacial score (nSPS) is 17.7. The maximum absolute atomic E-state index is 13.7. The van der Waals surface area contributed by atoms with E-state index in [-0.39, 0.29) is 5.82 Å². The highest BCUT2D eigenvalue weighted by Gasteiger charge is 2.18. The van der Waals surface area contributed by atoms with Gasteiger partial charge >= 0.3 is 0 Å². The first kappa shape index (κ1) is 11.9. The van der Waals surface area contributed by atoms with E-state index in [1.807, 2.05) is 6.92 Å². The molecule has 1 aromatic rings. The van der Waals surface area contributed by atoms with Crippen molar-refractivity contribution in [1.82, 2.24) is 5.32 Å². The molecule has 1 aromatic carbocycles. The van der Waals surface area contributed by atoms with Gasteiger partial charge in [0.15, 0.2) is 0 Å². The number of rotatable bonds is 2. The molecule has 0 spiro atoms. The van der Waals surface area contributed by atoms with Crippen molar-refractivity contribution < 1.29 is 4.39 Å². The van der Waals surface area contributed by atoms with Crippen LogP contribution < -0.4 is 5.32 Å². The molecule has 0 amide bonds. The number of nitrogens with one attached hydrogen (secondary N) is 1. The van der Waals surface area contributed by atoms with E-state index >= 15 is 0 Å². The molecule has 0 atom stereocenters. The standard InChI is InChI=1S/C13H17ClFN/c1-9-2-3-12(15)11(13(9)14)8-10-4-6-16-7-5-10/h2-3,10,16H,4-8H2,1H3. The number of aryl methyl sites for hydroxylation is 1. The lowest BCUT2D eigenvalue weighted by molar-refractivity contribution is 0.368. The Kier molecular flexibility index (Phi) is 3.82. The van der Waals surface area contributed by atoms with Gasteiger partial charge in [-0.15, -0.1) is 0 Å². The predicted molar refractivity (Wildman–Crippen MR) is 65.4 cm³/mol. The van der Waals surface area contributed by atoms with Gasteiger partial charge in [-0.1, -0.05) is 17.7 Å². The average Bonchev–Trinajstić information content (AvgIpc) is 2.31. The molecule has 1 fully saturated rings. The van der Waals surface area contributed by atoms with E-state index in [4.69, 9.17) is 11.6 Å². The minimum atomic E-state index is -0.158. The first-order valence-corrected chi connectivity index (χ1v) is 6.20. The van der Waals surface area contributed by atoms with Gasteiger partial charge in [0.05, 0.1) is 0 Å². The summed E-state index contributed by atoms with van der Waals surface area (Å²) in [6.07, 6.45) is 3.00. The van der Waals surface area contributed by atoms with Crippen LogP contribution in [0.4, 0.5) is 4.39 Å². The number of halogens is 2. The van der Waals surface area contributed by atoms with Crippen molar-refractivity contribution in [2.24, 2.45) is 5.92 Å². The second-order valence-electron chi connectivity index (χ2n) is 4.55. The summed E-state index contributed by atoms with van der Waals surface area (Å²) in [5.74, 6) is 0.407. The molecule has 88 valence electrons. The molecule has 1 aliphatic rings. The van der Waals surface area contributed by atoms with Gasteiger partial charge < -0.3 is 5.32 Å². The molecule has 1 heterocycles. The van der Waals surface area contributed by atoms with Crippen molar-refractivity contribution in [2.45, 2.75) is 26.2 Å². The van der Waals surface area contributed by atoms with Crippen molar-refractivity contribution in [1.29, 1.82) is 0 Å². The SMILES string of the molecule is Cc1ccc(F)c(CC2CCNCC2)c1Cl. The maximum Gasteiger partial charge on any atom is 0.127 e. The van der Waals surface area contributed by atoms with Crippen LogP contribution in [0.1, 0.15) is 24.0 Å². The predicted octanol–water partition coefficient (Wildman–Crippen LogP) is 3.33. The molecule has 0 bridgehead atoms. The zero-order valence-corrected chi connectivity index (χ0v) is 10.3. The van der Waals surface area contributed by atoms with E-state index in [9.17, 15) is 4.39 Å². The molecule has 0 aliphatic carbocycles. The highest BCUT2D eigenvalue weighted by Crippen LogP contribution is 2.28. The molecule has 0 saturated carbocycles. The first-order valence-electron chi connectivity index (χ1n) is 5.82. The van der Waals surface area contributed by atoms with Gasteiger partial charge in [-0.25, -0.2) is 4.39 Å². The minimum absolute atomic E-state index is 0.158. The van der Waals surface area contributed by atoms with Crippen molar-refractivity contribution in [3.8, 4) is 0 Å². The number of piperidine rings is 1. The van der Waals surface area contributed by atoms with Gasteiger partial charge in [-0.05, 0) is 56.8 Å². The average molecular weight is 242 g/mol. The van der Waals surface area contributed by atoms with E-state index < -0.39 is 0 Å². The highest BCUT2D eigenvalue weighted by molar-refractivity contribution is 6.32. The van der Waals surface area contributed by atoms with Gasteiger partial charge in [0.1, 0.15) is 5.82 Å². The van der Waals surface area contributed by atoms with Crippen LogP contribution >= 0.6 is 11.6 Å². The molecule has 0 radical (unpaired) electrons. The van der Waals surface area contributed by atoms with Crippen LogP contribution in [0.5, 0.6) is 0 Å². The Balaban J connectivity index is 2.16. The van der Waals surface area contributed by atoms with Gasteiger partial charge in [0, 0.05) is 10.6 Å². The molecule has 16 heavy (non-hydrogen) atoms. The Morgan fingerprint density at radius 1 is 1.38 bits per heavy atom. The Hall–Kier alpha value is -0.600. The van der Waals surface area contributed by atoms with Crippen LogP contribution in [0.25, 0.3) is 0 Å². The summed E-state index contributed by atoms with van der Waals surface area (Å²) in [7, 11) is 0. The van der Waals surface area contributed by atoms with Crippen LogP contribution in [0, 0.1) is 18.7 Å². The van der Waals surface area contributed by atoms with Crippen molar-refractivity contribution in [3.05, 3.63) is 34.1 Å². The Bertz CT molecular complexity index is 372. The van der Waals surface area contributed by atoms with E-state index in [0.29, 0.717) is 16.5 Å². The Labute approximate surface area is 101 Å². The molecule has 0 aromatic heterocycles. The molecule has 1 nitrogen and oxygen atoms in total. The topological polar surface area (TPSA) is 12.0 Å².